The monoisotopic (exact) mass is 292 g/mol. The number of hydrogen-bond donors (Lipinski definition) is 0. The van der Waals surface area contributed by atoms with Crippen LogP contribution in [0.5, 0.6) is 0 Å². The summed E-state index contributed by atoms with van der Waals surface area (Å²) in [6, 6.07) is 0.688. The van der Waals surface area contributed by atoms with Crippen molar-refractivity contribution in [2.24, 2.45) is 0 Å². The minimum atomic E-state index is -2.15. The predicted octanol–water partition coefficient (Wildman–Crippen LogP) is 5.02. The molecule has 0 saturated carbocycles. The molecule has 2 aromatic rings. The maximum Gasteiger partial charge on any atom is 0.198 e. The quantitative estimate of drug-likeness (QED) is 0.423. The van der Waals surface area contributed by atoms with E-state index in [-0.39, 0.29) is 12.0 Å². The first kappa shape index (κ1) is 14.7. The van der Waals surface area contributed by atoms with Crippen LogP contribution < -0.4 is 0 Å². The number of aryl methyl sites for hydroxylation is 1. The predicted molar refractivity (Wildman–Crippen MR) is 62.3 cm³/mol. The highest BCUT2D eigenvalue weighted by Crippen LogP contribution is 2.33. The minimum absolute atomic E-state index is 0.0870. The highest BCUT2D eigenvalue weighted by Gasteiger charge is 2.26. The molecule has 0 heterocycles. The highest BCUT2D eigenvalue weighted by molar-refractivity contribution is 5.88. The standard InChI is InChI=1S/C14H10F6/c1-2-3-4-6-5-7(15)10(16)9-8(6)11(17)13(19)14(20)12(9)18/h5H,2-4H2,1H3. The maximum atomic E-state index is 13.8. The van der Waals surface area contributed by atoms with Crippen LogP contribution in [0.2, 0.25) is 0 Å². The fourth-order valence-electron chi connectivity index (χ4n) is 2.11. The Kier molecular flexibility index (Phi) is 3.92. The zero-order valence-corrected chi connectivity index (χ0v) is 10.5. The third kappa shape index (κ3) is 2.13. The van der Waals surface area contributed by atoms with Crippen LogP contribution in [-0.2, 0) is 6.42 Å². The fraction of sp³-hybridized carbons (Fsp3) is 0.286. The van der Waals surface area contributed by atoms with Crippen LogP contribution in [-0.4, -0.2) is 0 Å². The smallest absolute Gasteiger partial charge is 0.198 e. The molecular formula is C14H10F6. The first-order chi connectivity index (χ1) is 9.40. The largest absolute Gasteiger partial charge is 0.204 e. The molecule has 0 amide bonds. The zero-order valence-electron chi connectivity index (χ0n) is 10.5. The van der Waals surface area contributed by atoms with Gasteiger partial charge in [0.2, 0.25) is 0 Å². The van der Waals surface area contributed by atoms with E-state index in [0.29, 0.717) is 18.9 Å². The van der Waals surface area contributed by atoms with Crippen molar-refractivity contribution in [1.82, 2.24) is 0 Å². The van der Waals surface area contributed by atoms with Gasteiger partial charge in [-0.25, -0.2) is 26.3 Å². The van der Waals surface area contributed by atoms with Gasteiger partial charge < -0.3 is 0 Å². The molecule has 20 heavy (non-hydrogen) atoms. The Morgan fingerprint density at radius 1 is 0.750 bits per heavy atom. The van der Waals surface area contributed by atoms with Gasteiger partial charge in [-0.1, -0.05) is 13.3 Å². The average Bonchev–Trinajstić information content (AvgIpc) is 2.43. The molecule has 0 spiro atoms. The summed E-state index contributed by atoms with van der Waals surface area (Å²) >= 11 is 0. The van der Waals surface area contributed by atoms with Crippen LogP contribution in [0.15, 0.2) is 6.07 Å². The van der Waals surface area contributed by atoms with Gasteiger partial charge in [0, 0.05) is 5.39 Å². The summed E-state index contributed by atoms with van der Waals surface area (Å²) in [6.07, 6.45) is 1.25. The maximum absolute atomic E-state index is 13.8. The Morgan fingerprint density at radius 2 is 1.30 bits per heavy atom. The summed E-state index contributed by atoms with van der Waals surface area (Å²) in [5.74, 6) is -11.0. The van der Waals surface area contributed by atoms with E-state index in [9.17, 15) is 26.3 Å². The normalized spacial score (nSPS) is 11.3. The van der Waals surface area contributed by atoms with E-state index in [2.05, 4.69) is 0 Å². The van der Waals surface area contributed by atoms with Crippen molar-refractivity contribution >= 4 is 10.8 Å². The summed E-state index contributed by atoms with van der Waals surface area (Å²) in [7, 11) is 0. The Labute approximate surface area is 111 Å². The van der Waals surface area contributed by atoms with Crippen molar-refractivity contribution < 1.29 is 26.3 Å². The fourth-order valence-corrected chi connectivity index (χ4v) is 2.11. The summed E-state index contributed by atoms with van der Waals surface area (Å²) in [6.45, 7) is 1.80. The lowest BCUT2D eigenvalue weighted by molar-refractivity contribution is 0.414. The third-order valence-corrected chi connectivity index (χ3v) is 3.12. The van der Waals surface area contributed by atoms with Gasteiger partial charge in [-0.3, -0.25) is 0 Å². The SMILES string of the molecule is CCCCc1cc(F)c(F)c2c(F)c(F)c(F)c(F)c12. The molecule has 0 unspecified atom stereocenters. The molecule has 108 valence electrons. The number of unbranched alkanes of at least 4 members (excludes halogenated alkanes) is 1. The van der Waals surface area contributed by atoms with Crippen LogP contribution in [0.25, 0.3) is 10.8 Å². The molecule has 0 nitrogen and oxygen atoms in total. The Balaban J connectivity index is 2.92. The van der Waals surface area contributed by atoms with E-state index in [0.717, 1.165) is 0 Å². The van der Waals surface area contributed by atoms with Crippen LogP contribution >= 0.6 is 0 Å². The van der Waals surface area contributed by atoms with Gasteiger partial charge in [-0.2, -0.15) is 0 Å². The van der Waals surface area contributed by atoms with Gasteiger partial charge in [0.25, 0.3) is 0 Å². The van der Waals surface area contributed by atoms with Crippen LogP contribution in [0.3, 0.4) is 0 Å². The van der Waals surface area contributed by atoms with E-state index >= 15 is 0 Å². The Hall–Kier alpha value is -1.72. The summed E-state index contributed by atoms with van der Waals surface area (Å²) < 4.78 is 80.7. The molecule has 0 atom stereocenters. The molecule has 0 aliphatic heterocycles. The first-order valence-corrected chi connectivity index (χ1v) is 6.02. The van der Waals surface area contributed by atoms with Gasteiger partial charge >= 0.3 is 0 Å². The van der Waals surface area contributed by atoms with Crippen LogP contribution in [0.1, 0.15) is 25.3 Å². The summed E-state index contributed by atoms with van der Waals surface area (Å²) in [4.78, 5) is 0. The molecule has 0 bridgehead atoms. The van der Waals surface area contributed by atoms with Crippen molar-refractivity contribution in [3.05, 3.63) is 46.5 Å². The Bertz CT molecular complexity index is 678. The summed E-state index contributed by atoms with van der Waals surface area (Å²) in [5, 5.41) is -1.93. The molecule has 2 rings (SSSR count). The molecule has 2 aromatic carbocycles. The van der Waals surface area contributed by atoms with Crippen molar-refractivity contribution in [3.8, 4) is 0 Å². The molecule has 0 aromatic heterocycles. The van der Waals surface area contributed by atoms with E-state index in [1.54, 1.807) is 6.92 Å². The molecule has 0 N–H and O–H groups in total. The molecule has 6 heteroatoms. The van der Waals surface area contributed by atoms with Gasteiger partial charge in [-0.15, -0.1) is 0 Å². The lowest BCUT2D eigenvalue weighted by Gasteiger charge is -2.11. The highest BCUT2D eigenvalue weighted by atomic mass is 19.2. The summed E-state index contributed by atoms with van der Waals surface area (Å²) in [5.41, 5.74) is -0.0870. The number of benzene rings is 2. The van der Waals surface area contributed by atoms with Crippen LogP contribution in [0.4, 0.5) is 26.3 Å². The topological polar surface area (TPSA) is 0 Å². The number of rotatable bonds is 3. The number of halogens is 6. The lowest BCUT2D eigenvalue weighted by atomic mass is 9.98. The molecule has 0 saturated heterocycles. The molecule has 0 aliphatic carbocycles. The van der Waals surface area contributed by atoms with E-state index in [4.69, 9.17) is 0 Å². The third-order valence-electron chi connectivity index (χ3n) is 3.12. The molecular weight excluding hydrogens is 282 g/mol. The van der Waals surface area contributed by atoms with E-state index in [1.807, 2.05) is 0 Å². The molecule has 0 aliphatic rings. The molecule has 0 fully saturated rings. The second kappa shape index (κ2) is 5.34. The second-order valence-electron chi connectivity index (χ2n) is 4.44. The van der Waals surface area contributed by atoms with Crippen molar-refractivity contribution in [1.29, 1.82) is 0 Å². The number of hydrogen-bond acceptors (Lipinski definition) is 0. The van der Waals surface area contributed by atoms with Crippen molar-refractivity contribution in [3.63, 3.8) is 0 Å². The van der Waals surface area contributed by atoms with Crippen molar-refractivity contribution in [2.75, 3.05) is 0 Å². The van der Waals surface area contributed by atoms with Crippen LogP contribution in [0, 0.1) is 34.9 Å². The molecule has 0 radical (unpaired) electrons. The second-order valence-corrected chi connectivity index (χ2v) is 4.44. The number of fused-ring (bicyclic) bond motifs is 1. The van der Waals surface area contributed by atoms with E-state index in [1.165, 1.54) is 0 Å². The van der Waals surface area contributed by atoms with Gasteiger partial charge in [0.15, 0.2) is 34.9 Å². The lowest BCUT2D eigenvalue weighted by Crippen LogP contribution is -2.04. The average molecular weight is 292 g/mol. The van der Waals surface area contributed by atoms with E-state index < -0.39 is 45.7 Å². The minimum Gasteiger partial charge on any atom is -0.204 e. The van der Waals surface area contributed by atoms with Gasteiger partial charge in [0.1, 0.15) is 0 Å². The van der Waals surface area contributed by atoms with Gasteiger partial charge in [0.05, 0.1) is 5.39 Å². The Morgan fingerprint density at radius 3 is 1.85 bits per heavy atom. The van der Waals surface area contributed by atoms with Gasteiger partial charge in [-0.05, 0) is 24.5 Å². The first-order valence-electron chi connectivity index (χ1n) is 6.02. The van der Waals surface area contributed by atoms with Crippen molar-refractivity contribution in [2.45, 2.75) is 26.2 Å². The zero-order chi connectivity index (χ0) is 15.0.